The Kier molecular flexibility index (Phi) is 4.06. The zero-order valence-electron chi connectivity index (χ0n) is 11.3. The van der Waals surface area contributed by atoms with Gasteiger partial charge in [-0.25, -0.2) is 0 Å². The molecule has 1 heterocycles. The van der Waals surface area contributed by atoms with Crippen molar-refractivity contribution < 1.29 is 9.53 Å². The molecule has 3 aromatic rings. The monoisotopic (exact) mass is 343 g/mol. The van der Waals surface area contributed by atoms with E-state index in [1.807, 2.05) is 54.7 Å². The lowest BCUT2D eigenvalue weighted by atomic mass is 10.1. The van der Waals surface area contributed by atoms with Gasteiger partial charge in [0.25, 0.3) is 0 Å². The van der Waals surface area contributed by atoms with Crippen LogP contribution in [0.25, 0.3) is 10.9 Å². The van der Waals surface area contributed by atoms with Crippen LogP contribution in [-0.2, 0) is 6.54 Å². The number of carbonyl (C=O) groups is 1. The molecule has 0 spiro atoms. The Morgan fingerprint density at radius 3 is 2.81 bits per heavy atom. The fourth-order valence-corrected chi connectivity index (χ4v) is 2.74. The SMILES string of the molecule is O=Cc1cccc2c1ccn2CCOc1cccc(Br)c1. The second-order valence-electron chi connectivity index (χ2n) is 4.71. The molecule has 0 aliphatic rings. The minimum atomic E-state index is 0.575. The topological polar surface area (TPSA) is 31.2 Å². The first-order chi connectivity index (χ1) is 10.3. The quantitative estimate of drug-likeness (QED) is 0.647. The van der Waals surface area contributed by atoms with Crippen LogP contribution in [0.1, 0.15) is 10.4 Å². The lowest BCUT2D eigenvalue weighted by Crippen LogP contribution is -2.07. The molecule has 0 aliphatic heterocycles. The van der Waals surface area contributed by atoms with Crippen LogP contribution in [0.3, 0.4) is 0 Å². The predicted molar refractivity (Wildman–Crippen MR) is 87.0 cm³/mol. The molecule has 0 amide bonds. The summed E-state index contributed by atoms with van der Waals surface area (Å²) in [7, 11) is 0. The average Bonchev–Trinajstić information content (AvgIpc) is 2.91. The van der Waals surface area contributed by atoms with Gasteiger partial charge in [-0.2, -0.15) is 0 Å². The largest absolute Gasteiger partial charge is 0.492 e. The predicted octanol–water partition coefficient (Wildman–Crippen LogP) is 4.30. The second kappa shape index (κ2) is 6.14. The maximum Gasteiger partial charge on any atom is 0.150 e. The molecule has 106 valence electrons. The minimum Gasteiger partial charge on any atom is -0.492 e. The zero-order valence-corrected chi connectivity index (χ0v) is 12.9. The van der Waals surface area contributed by atoms with Crippen LogP contribution in [-0.4, -0.2) is 17.5 Å². The first kappa shape index (κ1) is 13.9. The van der Waals surface area contributed by atoms with E-state index in [1.165, 1.54) is 0 Å². The van der Waals surface area contributed by atoms with E-state index in [0.29, 0.717) is 6.61 Å². The first-order valence-corrected chi connectivity index (χ1v) is 7.48. The van der Waals surface area contributed by atoms with Gasteiger partial charge in [0.05, 0.1) is 6.54 Å². The van der Waals surface area contributed by atoms with Crippen LogP contribution in [0.4, 0.5) is 0 Å². The van der Waals surface area contributed by atoms with Crippen molar-refractivity contribution in [3.8, 4) is 5.75 Å². The number of halogens is 1. The Balaban J connectivity index is 1.72. The molecule has 1 aromatic heterocycles. The lowest BCUT2D eigenvalue weighted by molar-refractivity contribution is 0.112. The van der Waals surface area contributed by atoms with Gasteiger partial charge in [-0.3, -0.25) is 4.79 Å². The molecule has 0 unspecified atom stereocenters. The van der Waals surface area contributed by atoms with E-state index in [-0.39, 0.29) is 0 Å². The molecule has 0 N–H and O–H groups in total. The van der Waals surface area contributed by atoms with Crippen molar-refractivity contribution in [3.05, 3.63) is 64.8 Å². The molecule has 0 aliphatic carbocycles. The highest BCUT2D eigenvalue weighted by atomic mass is 79.9. The van der Waals surface area contributed by atoms with Gasteiger partial charge >= 0.3 is 0 Å². The number of ether oxygens (including phenoxy) is 1. The summed E-state index contributed by atoms with van der Waals surface area (Å²) in [5.41, 5.74) is 1.77. The van der Waals surface area contributed by atoms with Gasteiger partial charge in [0.1, 0.15) is 12.4 Å². The highest BCUT2D eigenvalue weighted by Crippen LogP contribution is 2.20. The Bertz CT molecular complexity index is 779. The summed E-state index contributed by atoms with van der Waals surface area (Å²) in [4.78, 5) is 11.0. The number of carbonyl (C=O) groups excluding carboxylic acids is 1. The molecule has 21 heavy (non-hydrogen) atoms. The third-order valence-corrected chi connectivity index (χ3v) is 3.86. The molecule has 0 fully saturated rings. The number of hydrogen-bond donors (Lipinski definition) is 0. The van der Waals surface area contributed by atoms with E-state index in [0.717, 1.165) is 39.5 Å². The summed E-state index contributed by atoms with van der Waals surface area (Å²) >= 11 is 3.42. The van der Waals surface area contributed by atoms with E-state index >= 15 is 0 Å². The summed E-state index contributed by atoms with van der Waals surface area (Å²) in [6.07, 6.45) is 2.88. The van der Waals surface area contributed by atoms with Crippen LogP contribution >= 0.6 is 15.9 Å². The number of hydrogen-bond acceptors (Lipinski definition) is 2. The van der Waals surface area contributed by atoms with Crippen molar-refractivity contribution in [3.63, 3.8) is 0 Å². The van der Waals surface area contributed by atoms with Crippen molar-refractivity contribution in [1.29, 1.82) is 0 Å². The van der Waals surface area contributed by atoms with Crippen molar-refractivity contribution in [2.24, 2.45) is 0 Å². The average molecular weight is 344 g/mol. The molecule has 0 radical (unpaired) electrons. The van der Waals surface area contributed by atoms with Crippen molar-refractivity contribution in [2.75, 3.05) is 6.61 Å². The normalized spacial score (nSPS) is 10.7. The van der Waals surface area contributed by atoms with Crippen molar-refractivity contribution >= 4 is 33.1 Å². The molecule has 3 nitrogen and oxygen atoms in total. The third-order valence-electron chi connectivity index (χ3n) is 3.37. The van der Waals surface area contributed by atoms with Crippen molar-refractivity contribution in [2.45, 2.75) is 6.54 Å². The van der Waals surface area contributed by atoms with Gasteiger partial charge in [0.15, 0.2) is 6.29 Å². The summed E-state index contributed by atoms with van der Waals surface area (Å²) < 4.78 is 8.84. The maximum atomic E-state index is 11.0. The molecule has 0 saturated heterocycles. The van der Waals surface area contributed by atoms with Crippen molar-refractivity contribution in [1.82, 2.24) is 4.57 Å². The summed E-state index contributed by atoms with van der Waals surface area (Å²) in [5.74, 6) is 0.842. The highest BCUT2D eigenvalue weighted by Gasteiger charge is 2.05. The number of fused-ring (bicyclic) bond motifs is 1. The van der Waals surface area contributed by atoms with Crippen LogP contribution in [0, 0.1) is 0 Å². The fourth-order valence-electron chi connectivity index (χ4n) is 2.36. The van der Waals surface area contributed by atoms with Gasteiger partial charge < -0.3 is 9.30 Å². The third kappa shape index (κ3) is 3.00. The number of rotatable bonds is 5. The second-order valence-corrected chi connectivity index (χ2v) is 5.63. The van der Waals surface area contributed by atoms with Crippen LogP contribution in [0.15, 0.2) is 59.2 Å². The Hall–Kier alpha value is -2.07. The van der Waals surface area contributed by atoms with Gasteiger partial charge in [0.2, 0.25) is 0 Å². The van der Waals surface area contributed by atoms with E-state index < -0.39 is 0 Å². The molecule has 4 heteroatoms. The van der Waals surface area contributed by atoms with Crippen LogP contribution < -0.4 is 4.74 Å². The standard InChI is InChI=1S/C17H14BrNO2/c18-14-4-2-5-15(11-14)21-10-9-19-8-7-16-13(12-20)3-1-6-17(16)19/h1-8,11-12H,9-10H2. The van der Waals surface area contributed by atoms with Gasteiger partial charge in [-0.1, -0.05) is 34.1 Å². The van der Waals surface area contributed by atoms with E-state index in [2.05, 4.69) is 20.5 Å². The Morgan fingerprint density at radius 2 is 2.00 bits per heavy atom. The molecule has 0 saturated carbocycles. The number of nitrogens with zero attached hydrogens (tertiary/aromatic N) is 1. The first-order valence-electron chi connectivity index (χ1n) is 6.69. The number of aromatic nitrogens is 1. The van der Waals surface area contributed by atoms with Gasteiger partial charge in [0, 0.05) is 27.1 Å². The molecule has 3 rings (SSSR count). The zero-order chi connectivity index (χ0) is 14.7. The Morgan fingerprint density at radius 1 is 1.14 bits per heavy atom. The summed E-state index contributed by atoms with van der Waals surface area (Å²) in [6, 6.07) is 15.5. The molecular formula is C17H14BrNO2. The maximum absolute atomic E-state index is 11.0. The number of benzene rings is 2. The minimum absolute atomic E-state index is 0.575. The van der Waals surface area contributed by atoms with Crippen LogP contribution in [0.5, 0.6) is 5.75 Å². The van der Waals surface area contributed by atoms with E-state index in [1.54, 1.807) is 0 Å². The Labute approximate surface area is 131 Å². The molecule has 2 aromatic carbocycles. The summed E-state index contributed by atoms with van der Waals surface area (Å²) in [6.45, 7) is 1.31. The van der Waals surface area contributed by atoms with Gasteiger partial charge in [-0.15, -0.1) is 0 Å². The van der Waals surface area contributed by atoms with Crippen LogP contribution in [0.2, 0.25) is 0 Å². The van der Waals surface area contributed by atoms with E-state index in [4.69, 9.17) is 4.74 Å². The molecule has 0 bridgehead atoms. The number of aldehydes is 1. The molecule has 0 atom stereocenters. The smallest absolute Gasteiger partial charge is 0.150 e. The highest BCUT2D eigenvalue weighted by molar-refractivity contribution is 9.10. The fraction of sp³-hybridized carbons (Fsp3) is 0.118. The van der Waals surface area contributed by atoms with Gasteiger partial charge in [-0.05, 0) is 30.3 Å². The molecular weight excluding hydrogens is 330 g/mol. The lowest BCUT2D eigenvalue weighted by Gasteiger charge is -2.08. The van der Waals surface area contributed by atoms with E-state index in [9.17, 15) is 4.79 Å². The summed E-state index contributed by atoms with van der Waals surface area (Å²) in [5, 5.41) is 0.981.